The average molecular weight is 295 g/mol. The van der Waals surface area contributed by atoms with E-state index < -0.39 is 0 Å². The van der Waals surface area contributed by atoms with Crippen molar-refractivity contribution in [2.45, 2.75) is 58.2 Å². The highest BCUT2D eigenvalue weighted by atomic mass is 79.9. The smallest absolute Gasteiger partial charge is 0.0428 e. The number of alkyl halides is 1. The van der Waals surface area contributed by atoms with Crippen LogP contribution in [-0.4, -0.2) is 0 Å². The van der Waals surface area contributed by atoms with Crippen molar-refractivity contribution < 1.29 is 0 Å². The maximum Gasteiger partial charge on any atom is 0.0428 e. The third-order valence-electron chi connectivity index (χ3n) is 4.51. The minimum absolute atomic E-state index is 0.559. The zero-order chi connectivity index (χ0) is 12.6. The summed E-state index contributed by atoms with van der Waals surface area (Å²) in [6.07, 6.45) is 5.61. The van der Waals surface area contributed by atoms with Crippen LogP contribution < -0.4 is 0 Å². The molecule has 1 saturated carbocycles. The molecule has 0 saturated heterocycles. The van der Waals surface area contributed by atoms with E-state index >= 15 is 0 Å². The van der Waals surface area contributed by atoms with Gasteiger partial charge >= 0.3 is 0 Å². The lowest BCUT2D eigenvalue weighted by Gasteiger charge is -2.24. The fraction of sp³-hybridized carbons (Fsp3) is 0.625. The predicted molar refractivity (Wildman–Crippen MR) is 79.0 cm³/mol. The Kier molecular flexibility index (Phi) is 3.97. The van der Waals surface area contributed by atoms with Crippen LogP contribution in [0.25, 0.3) is 0 Å². The third-order valence-corrected chi connectivity index (χ3v) is 5.72. The Morgan fingerprint density at radius 2 is 1.47 bits per heavy atom. The highest BCUT2D eigenvalue weighted by Crippen LogP contribution is 2.44. The molecule has 0 nitrogen and oxygen atoms in total. The Morgan fingerprint density at radius 3 is 1.94 bits per heavy atom. The van der Waals surface area contributed by atoms with E-state index in [1.807, 2.05) is 0 Å². The largest absolute Gasteiger partial charge is 0.0836 e. The van der Waals surface area contributed by atoms with Crippen molar-refractivity contribution >= 4 is 15.9 Å². The molecule has 0 aromatic heterocycles. The molecule has 1 aliphatic rings. The van der Waals surface area contributed by atoms with Gasteiger partial charge in [0, 0.05) is 4.83 Å². The quantitative estimate of drug-likeness (QED) is 0.628. The number of hydrogen-bond acceptors (Lipinski definition) is 0. The first-order valence-corrected chi connectivity index (χ1v) is 7.65. The van der Waals surface area contributed by atoms with Gasteiger partial charge in [-0.3, -0.25) is 0 Å². The van der Waals surface area contributed by atoms with Crippen molar-refractivity contribution in [2.24, 2.45) is 5.92 Å². The monoisotopic (exact) mass is 294 g/mol. The second kappa shape index (κ2) is 5.14. The second-order valence-corrected chi connectivity index (χ2v) is 6.61. The minimum atomic E-state index is 0.559. The maximum atomic E-state index is 3.98. The molecule has 2 rings (SSSR count). The summed E-state index contributed by atoms with van der Waals surface area (Å²) in [4.78, 5) is 0.559. The zero-order valence-corrected chi connectivity index (χ0v) is 13.0. The van der Waals surface area contributed by atoms with Gasteiger partial charge in [-0.1, -0.05) is 34.8 Å². The van der Waals surface area contributed by atoms with E-state index in [0.717, 1.165) is 5.92 Å². The van der Waals surface area contributed by atoms with Gasteiger partial charge in [-0.15, -0.1) is 0 Å². The zero-order valence-electron chi connectivity index (χ0n) is 11.4. The highest BCUT2D eigenvalue weighted by molar-refractivity contribution is 9.09. The summed E-state index contributed by atoms with van der Waals surface area (Å²) in [5.74, 6) is 0.841. The van der Waals surface area contributed by atoms with Gasteiger partial charge in [0.15, 0.2) is 0 Å². The average Bonchev–Trinajstić information content (AvgIpc) is 2.80. The summed E-state index contributed by atoms with van der Waals surface area (Å²) in [5.41, 5.74) is 7.41. The van der Waals surface area contributed by atoms with Crippen LogP contribution >= 0.6 is 15.9 Å². The molecule has 0 spiro atoms. The van der Waals surface area contributed by atoms with Crippen LogP contribution in [0.15, 0.2) is 6.07 Å². The van der Waals surface area contributed by atoms with Gasteiger partial charge in [-0.2, -0.15) is 0 Å². The van der Waals surface area contributed by atoms with Crippen LogP contribution in [0.5, 0.6) is 0 Å². The molecule has 0 aliphatic heterocycles. The van der Waals surface area contributed by atoms with Crippen LogP contribution in [-0.2, 0) is 0 Å². The minimum Gasteiger partial charge on any atom is -0.0836 e. The maximum absolute atomic E-state index is 3.98. The number of rotatable bonds is 2. The number of hydrogen-bond donors (Lipinski definition) is 0. The first-order valence-electron chi connectivity index (χ1n) is 6.73. The van der Waals surface area contributed by atoms with Gasteiger partial charge < -0.3 is 0 Å². The van der Waals surface area contributed by atoms with Crippen molar-refractivity contribution in [1.82, 2.24) is 0 Å². The number of benzene rings is 1. The van der Waals surface area contributed by atoms with Gasteiger partial charge in [0.2, 0.25) is 0 Å². The molecule has 17 heavy (non-hydrogen) atoms. The van der Waals surface area contributed by atoms with Gasteiger partial charge in [0.1, 0.15) is 0 Å². The van der Waals surface area contributed by atoms with Gasteiger partial charge in [-0.25, -0.2) is 0 Å². The molecule has 0 radical (unpaired) electrons. The summed E-state index contributed by atoms with van der Waals surface area (Å²) in [5, 5.41) is 0. The highest BCUT2D eigenvalue weighted by Gasteiger charge is 2.27. The van der Waals surface area contributed by atoms with Gasteiger partial charge in [0.05, 0.1) is 0 Å². The fourth-order valence-electron chi connectivity index (χ4n) is 3.15. The number of aryl methyl sites for hydroxylation is 2. The Labute approximate surface area is 114 Å². The van der Waals surface area contributed by atoms with Crippen LogP contribution in [0.2, 0.25) is 0 Å². The Balaban J connectivity index is 2.42. The van der Waals surface area contributed by atoms with Gasteiger partial charge in [-0.05, 0) is 74.3 Å². The molecule has 1 heteroatoms. The molecule has 0 N–H and O–H groups in total. The molecule has 1 aromatic rings. The van der Waals surface area contributed by atoms with Crippen LogP contribution in [0.3, 0.4) is 0 Å². The van der Waals surface area contributed by atoms with E-state index in [2.05, 4.69) is 49.7 Å². The third kappa shape index (κ3) is 2.45. The molecule has 0 amide bonds. The summed E-state index contributed by atoms with van der Waals surface area (Å²) in [7, 11) is 0. The molecular weight excluding hydrogens is 272 g/mol. The van der Waals surface area contributed by atoms with Crippen LogP contribution in [0, 0.1) is 33.6 Å². The molecule has 1 fully saturated rings. The lowest BCUT2D eigenvalue weighted by molar-refractivity contribution is 0.538. The van der Waals surface area contributed by atoms with Crippen molar-refractivity contribution in [3.05, 3.63) is 33.9 Å². The Hall–Kier alpha value is -0.300. The molecule has 1 aromatic carbocycles. The predicted octanol–water partition coefficient (Wildman–Crippen LogP) is 5.55. The van der Waals surface area contributed by atoms with Crippen molar-refractivity contribution in [1.29, 1.82) is 0 Å². The molecule has 1 unspecified atom stereocenters. The molecule has 0 bridgehead atoms. The SMILES string of the molecule is Cc1cc(C)c(C)c(C(Br)C2CCCC2)c1C. The van der Waals surface area contributed by atoms with E-state index in [1.54, 1.807) is 5.56 Å². The van der Waals surface area contributed by atoms with Gasteiger partial charge in [0.25, 0.3) is 0 Å². The topological polar surface area (TPSA) is 0 Å². The van der Waals surface area contributed by atoms with Crippen molar-refractivity contribution in [3.8, 4) is 0 Å². The molecule has 0 heterocycles. The number of halogens is 1. The lowest BCUT2D eigenvalue weighted by Crippen LogP contribution is -2.08. The van der Waals surface area contributed by atoms with E-state index in [4.69, 9.17) is 0 Å². The lowest BCUT2D eigenvalue weighted by atomic mass is 9.87. The van der Waals surface area contributed by atoms with Crippen molar-refractivity contribution in [3.63, 3.8) is 0 Å². The summed E-state index contributed by atoms with van der Waals surface area (Å²) < 4.78 is 0. The van der Waals surface area contributed by atoms with Crippen LogP contribution in [0.4, 0.5) is 0 Å². The first-order chi connectivity index (χ1) is 8.02. The van der Waals surface area contributed by atoms with E-state index in [1.165, 1.54) is 47.9 Å². The van der Waals surface area contributed by atoms with E-state index in [9.17, 15) is 0 Å². The van der Waals surface area contributed by atoms with E-state index in [0.29, 0.717) is 4.83 Å². The van der Waals surface area contributed by atoms with Crippen molar-refractivity contribution in [2.75, 3.05) is 0 Å². The standard InChI is InChI=1S/C16H23Br/c1-10-9-11(2)13(4)15(12(10)3)16(17)14-7-5-6-8-14/h9,14,16H,5-8H2,1-4H3. The summed E-state index contributed by atoms with van der Waals surface area (Å²) in [6.45, 7) is 9.03. The van der Waals surface area contributed by atoms with E-state index in [-0.39, 0.29) is 0 Å². The van der Waals surface area contributed by atoms with Crippen LogP contribution in [0.1, 0.15) is 58.3 Å². The normalized spacial score (nSPS) is 18.6. The molecule has 94 valence electrons. The fourth-order valence-corrected chi connectivity index (χ4v) is 4.36. The Morgan fingerprint density at radius 1 is 1.00 bits per heavy atom. The molecule has 1 aliphatic carbocycles. The summed E-state index contributed by atoms with van der Waals surface area (Å²) in [6, 6.07) is 2.32. The Bertz CT molecular complexity index is 388. The first kappa shape index (κ1) is 13.1. The molecular formula is C16H23Br. The summed E-state index contributed by atoms with van der Waals surface area (Å²) >= 11 is 3.98. The second-order valence-electron chi connectivity index (χ2n) is 5.62. The molecule has 1 atom stereocenters.